The SMILES string of the molecule is C=CC(=O)OCCC(C)(C)OS(=O)(=O)OC.N. The fourth-order valence-electron chi connectivity index (χ4n) is 0.808. The van der Waals surface area contributed by atoms with Gasteiger partial charge in [-0.3, -0.25) is 4.18 Å². The third-order valence-electron chi connectivity index (χ3n) is 1.65. The van der Waals surface area contributed by atoms with Crippen LogP contribution in [0.25, 0.3) is 0 Å². The summed E-state index contributed by atoms with van der Waals surface area (Å²) >= 11 is 0. The van der Waals surface area contributed by atoms with Gasteiger partial charge in [-0.1, -0.05) is 6.58 Å². The largest absolute Gasteiger partial charge is 0.462 e. The van der Waals surface area contributed by atoms with Crippen molar-refractivity contribution in [3.8, 4) is 0 Å². The second kappa shape index (κ2) is 7.38. The molecule has 0 aromatic rings. The van der Waals surface area contributed by atoms with Crippen molar-refractivity contribution < 1.29 is 26.3 Å². The van der Waals surface area contributed by atoms with E-state index in [0.717, 1.165) is 13.2 Å². The van der Waals surface area contributed by atoms with Crippen LogP contribution in [-0.4, -0.2) is 33.7 Å². The molecule has 0 bridgehead atoms. The van der Waals surface area contributed by atoms with Gasteiger partial charge in [-0.15, -0.1) is 0 Å². The molecule has 0 aromatic carbocycles. The van der Waals surface area contributed by atoms with Gasteiger partial charge in [0.05, 0.1) is 19.3 Å². The van der Waals surface area contributed by atoms with Crippen LogP contribution >= 0.6 is 0 Å². The average Bonchev–Trinajstić information content (AvgIpc) is 2.15. The smallest absolute Gasteiger partial charge is 0.400 e. The third kappa shape index (κ3) is 8.81. The van der Waals surface area contributed by atoms with Gasteiger partial charge in [0.15, 0.2) is 0 Å². The van der Waals surface area contributed by atoms with Crippen LogP contribution in [0, 0.1) is 0 Å². The van der Waals surface area contributed by atoms with E-state index in [0.29, 0.717) is 0 Å². The molecule has 17 heavy (non-hydrogen) atoms. The maximum atomic E-state index is 11.0. The van der Waals surface area contributed by atoms with E-state index in [1.165, 1.54) is 0 Å². The lowest BCUT2D eigenvalue weighted by Crippen LogP contribution is -2.30. The molecule has 0 unspecified atom stereocenters. The molecule has 0 aromatic heterocycles. The first kappa shape index (κ1) is 18.4. The van der Waals surface area contributed by atoms with Crippen molar-refractivity contribution in [1.82, 2.24) is 6.15 Å². The molecule has 0 atom stereocenters. The lowest BCUT2D eigenvalue weighted by molar-refractivity contribution is -0.138. The van der Waals surface area contributed by atoms with Gasteiger partial charge < -0.3 is 10.9 Å². The standard InChI is InChI=1S/C9H16O6S.H3N/c1-5-8(10)14-7-6-9(2,3)15-16(11,12)13-4;/h5H,1,6-7H2,2-4H3;1H3. The Hall–Kier alpha value is -0.960. The number of esters is 1. The van der Waals surface area contributed by atoms with Gasteiger partial charge in [-0.2, -0.15) is 8.42 Å². The van der Waals surface area contributed by atoms with Gasteiger partial charge in [0.25, 0.3) is 0 Å². The van der Waals surface area contributed by atoms with Crippen molar-refractivity contribution in [2.45, 2.75) is 25.9 Å². The normalized spacial score (nSPS) is 11.5. The zero-order valence-electron chi connectivity index (χ0n) is 10.3. The van der Waals surface area contributed by atoms with E-state index in [1.807, 2.05) is 0 Å². The molecular weight excluding hydrogens is 250 g/mol. The molecule has 3 N–H and O–H groups in total. The highest BCUT2D eigenvalue weighted by Gasteiger charge is 2.26. The molecule has 0 radical (unpaired) electrons. The van der Waals surface area contributed by atoms with Crippen LogP contribution in [0.1, 0.15) is 20.3 Å². The monoisotopic (exact) mass is 269 g/mol. The molecule has 7 nitrogen and oxygen atoms in total. The predicted molar refractivity (Wildman–Crippen MR) is 61.9 cm³/mol. The molecule has 0 aliphatic carbocycles. The maximum Gasteiger partial charge on any atom is 0.400 e. The maximum absolute atomic E-state index is 11.0. The van der Waals surface area contributed by atoms with Gasteiger partial charge in [0.2, 0.25) is 0 Å². The van der Waals surface area contributed by atoms with Crippen molar-refractivity contribution in [2.24, 2.45) is 0 Å². The zero-order chi connectivity index (χ0) is 12.8. The summed E-state index contributed by atoms with van der Waals surface area (Å²) in [6.45, 7) is 6.36. The van der Waals surface area contributed by atoms with Crippen LogP contribution in [0.3, 0.4) is 0 Å². The van der Waals surface area contributed by atoms with E-state index in [4.69, 9.17) is 8.92 Å². The summed E-state index contributed by atoms with van der Waals surface area (Å²) in [7, 11) is -2.99. The summed E-state index contributed by atoms with van der Waals surface area (Å²) in [6, 6.07) is 0. The third-order valence-corrected chi connectivity index (χ3v) is 2.71. The summed E-state index contributed by atoms with van der Waals surface area (Å²) in [4.78, 5) is 10.7. The van der Waals surface area contributed by atoms with Gasteiger partial charge in [-0.05, 0) is 13.8 Å². The minimum Gasteiger partial charge on any atom is -0.462 e. The summed E-state index contributed by atoms with van der Waals surface area (Å²) in [6.07, 6.45) is 1.24. The summed E-state index contributed by atoms with van der Waals surface area (Å²) in [5.74, 6) is -0.564. The first-order valence-electron chi connectivity index (χ1n) is 4.53. The molecule has 0 saturated carbocycles. The van der Waals surface area contributed by atoms with E-state index >= 15 is 0 Å². The Bertz CT molecular complexity index is 348. The number of rotatable bonds is 7. The predicted octanol–water partition coefficient (Wildman–Crippen LogP) is 0.954. The van der Waals surface area contributed by atoms with Crippen LogP contribution in [0.15, 0.2) is 12.7 Å². The highest BCUT2D eigenvalue weighted by Crippen LogP contribution is 2.18. The summed E-state index contributed by atoms with van der Waals surface area (Å²) in [5.41, 5.74) is -1.00. The Morgan fingerprint density at radius 3 is 2.35 bits per heavy atom. The van der Waals surface area contributed by atoms with Crippen LogP contribution < -0.4 is 6.15 Å². The lowest BCUT2D eigenvalue weighted by atomic mass is 10.1. The van der Waals surface area contributed by atoms with E-state index in [9.17, 15) is 13.2 Å². The van der Waals surface area contributed by atoms with Crippen LogP contribution in [0.4, 0.5) is 0 Å². The number of hydrogen-bond acceptors (Lipinski definition) is 7. The molecular formula is C9H19NO6S. The molecule has 0 saturated heterocycles. The molecule has 0 spiro atoms. The van der Waals surface area contributed by atoms with Gasteiger partial charge in [-0.25, -0.2) is 8.98 Å². The lowest BCUT2D eigenvalue weighted by Gasteiger charge is -2.22. The van der Waals surface area contributed by atoms with E-state index in [2.05, 4.69) is 10.8 Å². The van der Waals surface area contributed by atoms with Crippen LogP contribution in [-0.2, 0) is 28.3 Å². The van der Waals surface area contributed by atoms with Crippen molar-refractivity contribution in [2.75, 3.05) is 13.7 Å². The first-order chi connectivity index (χ1) is 7.22. The molecule has 0 aliphatic rings. The number of ether oxygens (including phenoxy) is 1. The Kier molecular flexibility index (Phi) is 7.99. The Balaban J connectivity index is 0. The summed E-state index contributed by atoms with van der Waals surface area (Å²) in [5, 5.41) is 0. The fourth-order valence-corrected chi connectivity index (χ4v) is 1.51. The van der Waals surface area contributed by atoms with Gasteiger partial charge in [0.1, 0.15) is 0 Å². The average molecular weight is 269 g/mol. The van der Waals surface area contributed by atoms with E-state index in [-0.39, 0.29) is 19.2 Å². The summed E-state index contributed by atoms with van der Waals surface area (Å²) < 4.78 is 35.6. The van der Waals surface area contributed by atoms with Crippen molar-refractivity contribution >= 4 is 16.4 Å². The van der Waals surface area contributed by atoms with Crippen molar-refractivity contribution in [1.29, 1.82) is 0 Å². The highest BCUT2D eigenvalue weighted by atomic mass is 32.3. The molecule has 0 fully saturated rings. The minimum absolute atomic E-state index is 0. The van der Waals surface area contributed by atoms with E-state index < -0.39 is 22.0 Å². The van der Waals surface area contributed by atoms with Gasteiger partial charge in [0, 0.05) is 12.5 Å². The topological polar surface area (TPSA) is 114 Å². The zero-order valence-corrected chi connectivity index (χ0v) is 11.1. The second-order valence-corrected chi connectivity index (χ2v) is 4.86. The molecule has 0 heterocycles. The second-order valence-electron chi connectivity index (χ2n) is 3.54. The van der Waals surface area contributed by atoms with Crippen LogP contribution in [0.2, 0.25) is 0 Å². The molecule has 0 rings (SSSR count). The Morgan fingerprint density at radius 1 is 1.41 bits per heavy atom. The van der Waals surface area contributed by atoms with Gasteiger partial charge >= 0.3 is 16.4 Å². The molecule has 0 aliphatic heterocycles. The Morgan fingerprint density at radius 2 is 1.94 bits per heavy atom. The number of carbonyl (C=O) groups excluding carboxylic acids is 1. The van der Waals surface area contributed by atoms with Crippen LogP contribution in [0.5, 0.6) is 0 Å². The number of carbonyl (C=O) groups is 1. The quantitative estimate of drug-likeness (QED) is 0.540. The van der Waals surface area contributed by atoms with Crippen molar-refractivity contribution in [3.63, 3.8) is 0 Å². The molecule has 102 valence electrons. The molecule has 8 heteroatoms. The minimum atomic E-state index is -3.99. The number of hydrogen-bond donors (Lipinski definition) is 1. The first-order valence-corrected chi connectivity index (χ1v) is 5.86. The van der Waals surface area contributed by atoms with Crippen molar-refractivity contribution in [3.05, 3.63) is 12.7 Å². The Labute approximate surface area is 102 Å². The molecule has 0 amide bonds. The fraction of sp³-hybridized carbons (Fsp3) is 0.667. The van der Waals surface area contributed by atoms with E-state index in [1.54, 1.807) is 13.8 Å². The highest BCUT2D eigenvalue weighted by molar-refractivity contribution is 7.81.